The summed E-state index contributed by atoms with van der Waals surface area (Å²) in [6, 6.07) is 0. The number of rotatable bonds is 3. The lowest BCUT2D eigenvalue weighted by Gasteiger charge is -2.33. The van der Waals surface area contributed by atoms with Gasteiger partial charge in [-0.3, -0.25) is 0 Å². The molecule has 0 amide bonds. The van der Waals surface area contributed by atoms with Crippen molar-refractivity contribution < 1.29 is 0 Å². The summed E-state index contributed by atoms with van der Waals surface area (Å²) < 4.78 is 0. The van der Waals surface area contributed by atoms with E-state index in [9.17, 15) is 0 Å². The third-order valence-electron chi connectivity index (χ3n) is 2.97. The third kappa shape index (κ3) is 2.89. The average molecular weight is 226 g/mol. The molecule has 4 nitrogen and oxygen atoms in total. The predicted molar refractivity (Wildman–Crippen MR) is 63.1 cm³/mol. The minimum atomic E-state index is -0.0299. The lowest BCUT2D eigenvalue weighted by atomic mass is 9.82. The molecule has 15 heavy (non-hydrogen) atoms. The Morgan fingerprint density at radius 2 is 2.07 bits per heavy atom. The number of anilines is 1. The average Bonchev–Trinajstić information content (AvgIpc) is 2.63. The highest BCUT2D eigenvalue weighted by Crippen LogP contribution is 2.26. The first-order chi connectivity index (χ1) is 7.18. The zero-order valence-corrected chi connectivity index (χ0v) is 9.94. The van der Waals surface area contributed by atoms with Gasteiger partial charge in [0.1, 0.15) is 5.01 Å². The Kier molecular flexibility index (Phi) is 3.21. The first-order valence-electron chi connectivity index (χ1n) is 5.51. The number of nitrogens with one attached hydrogen (secondary N) is 1. The molecule has 5 heteroatoms. The van der Waals surface area contributed by atoms with Gasteiger partial charge in [0.2, 0.25) is 5.13 Å². The number of aromatic nitrogens is 2. The fourth-order valence-electron chi connectivity index (χ4n) is 2.05. The molecule has 0 bridgehead atoms. The Bertz CT molecular complexity index is 317. The lowest BCUT2D eigenvalue weighted by molar-refractivity contribution is 0.311. The number of hydrogen-bond acceptors (Lipinski definition) is 5. The van der Waals surface area contributed by atoms with Crippen LogP contribution in [0.4, 0.5) is 5.13 Å². The van der Waals surface area contributed by atoms with E-state index in [1.165, 1.54) is 19.3 Å². The van der Waals surface area contributed by atoms with Crippen molar-refractivity contribution in [1.82, 2.24) is 10.2 Å². The normalized spacial score (nSPS) is 20.1. The molecule has 0 spiro atoms. The molecule has 0 unspecified atom stereocenters. The van der Waals surface area contributed by atoms with Crippen molar-refractivity contribution in [2.24, 2.45) is 5.73 Å². The molecule has 0 atom stereocenters. The van der Waals surface area contributed by atoms with Gasteiger partial charge in [0.25, 0.3) is 0 Å². The maximum Gasteiger partial charge on any atom is 0.205 e. The second-order valence-electron chi connectivity index (χ2n) is 4.40. The lowest BCUT2D eigenvalue weighted by Crippen LogP contribution is -2.47. The van der Waals surface area contributed by atoms with E-state index < -0.39 is 0 Å². The minimum absolute atomic E-state index is 0.0299. The van der Waals surface area contributed by atoms with Crippen LogP contribution in [0.5, 0.6) is 0 Å². The summed E-state index contributed by atoms with van der Waals surface area (Å²) >= 11 is 1.59. The van der Waals surface area contributed by atoms with Gasteiger partial charge in [-0.15, -0.1) is 10.2 Å². The van der Waals surface area contributed by atoms with Crippen molar-refractivity contribution in [3.8, 4) is 0 Å². The van der Waals surface area contributed by atoms with Crippen LogP contribution in [-0.4, -0.2) is 22.3 Å². The summed E-state index contributed by atoms with van der Waals surface area (Å²) in [4.78, 5) is 0. The van der Waals surface area contributed by atoms with Gasteiger partial charge < -0.3 is 11.1 Å². The topological polar surface area (TPSA) is 63.8 Å². The van der Waals surface area contributed by atoms with Crippen molar-refractivity contribution in [3.05, 3.63) is 5.01 Å². The van der Waals surface area contributed by atoms with E-state index in [1.807, 2.05) is 6.92 Å². The van der Waals surface area contributed by atoms with E-state index >= 15 is 0 Å². The maximum atomic E-state index is 6.31. The van der Waals surface area contributed by atoms with Crippen LogP contribution in [0, 0.1) is 6.92 Å². The Hall–Kier alpha value is -0.680. The summed E-state index contributed by atoms with van der Waals surface area (Å²) in [6.45, 7) is 2.78. The maximum absolute atomic E-state index is 6.31. The van der Waals surface area contributed by atoms with Gasteiger partial charge in [0.05, 0.1) is 0 Å². The highest BCUT2D eigenvalue weighted by Gasteiger charge is 2.27. The number of hydrogen-bond donors (Lipinski definition) is 2. The van der Waals surface area contributed by atoms with Gasteiger partial charge in [-0.1, -0.05) is 30.6 Å². The second-order valence-corrected chi connectivity index (χ2v) is 5.58. The van der Waals surface area contributed by atoms with E-state index in [2.05, 4.69) is 15.5 Å². The molecule has 3 N–H and O–H groups in total. The van der Waals surface area contributed by atoms with E-state index in [-0.39, 0.29) is 5.54 Å². The Labute approximate surface area is 94.3 Å². The van der Waals surface area contributed by atoms with Gasteiger partial charge in [-0.05, 0) is 19.8 Å². The fraction of sp³-hybridized carbons (Fsp3) is 0.800. The van der Waals surface area contributed by atoms with Crippen LogP contribution in [0.1, 0.15) is 37.1 Å². The van der Waals surface area contributed by atoms with Crippen molar-refractivity contribution in [2.45, 2.75) is 44.6 Å². The van der Waals surface area contributed by atoms with Crippen LogP contribution in [0.2, 0.25) is 0 Å². The quantitative estimate of drug-likeness (QED) is 0.826. The number of aryl methyl sites for hydroxylation is 1. The van der Waals surface area contributed by atoms with E-state index in [1.54, 1.807) is 11.3 Å². The molecule has 1 fully saturated rings. The molecule has 1 aromatic rings. The first kappa shape index (κ1) is 10.8. The van der Waals surface area contributed by atoms with Crippen molar-refractivity contribution >= 4 is 16.5 Å². The predicted octanol–water partition coefficient (Wildman–Crippen LogP) is 1.92. The van der Waals surface area contributed by atoms with Gasteiger partial charge in [-0.25, -0.2) is 0 Å². The zero-order chi connectivity index (χ0) is 10.7. The molecule has 1 aromatic heterocycles. The van der Waals surface area contributed by atoms with E-state index in [4.69, 9.17) is 5.73 Å². The van der Waals surface area contributed by atoms with Gasteiger partial charge >= 0.3 is 0 Å². The molecule has 0 radical (unpaired) electrons. The SMILES string of the molecule is Cc1nnc(NCC2(N)CCCCC2)s1. The first-order valence-corrected chi connectivity index (χ1v) is 6.32. The molecule has 1 aliphatic carbocycles. The van der Waals surface area contributed by atoms with Crippen LogP contribution >= 0.6 is 11.3 Å². The van der Waals surface area contributed by atoms with E-state index in [0.717, 1.165) is 29.5 Å². The second kappa shape index (κ2) is 4.45. The third-order valence-corrected chi connectivity index (χ3v) is 3.76. The summed E-state index contributed by atoms with van der Waals surface area (Å²) in [6.07, 6.45) is 6.09. The molecule has 0 aliphatic heterocycles. The summed E-state index contributed by atoms with van der Waals surface area (Å²) in [7, 11) is 0. The number of nitrogens with zero attached hydrogens (tertiary/aromatic N) is 2. The van der Waals surface area contributed by atoms with E-state index in [0.29, 0.717) is 0 Å². The zero-order valence-electron chi connectivity index (χ0n) is 9.12. The van der Waals surface area contributed by atoms with Gasteiger partial charge in [0.15, 0.2) is 0 Å². The highest BCUT2D eigenvalue weighted by molar-refractivity contribution is 7.15. The van der Waals surface area contributed by atoms with Crippen LogP contribution in [-0.2, 0) is 0 Å². The molecular formula is C10H18N4S. The van der Waals surface area contributed by atoms with Crippen molar-refractivity contribution in [2.75, 3.05) is 11.9 Å². The van der Waals surface area contributed by atoms with Crippen LogP contribution in [0.3, 0.4) is 0 Å². The van der Waals surface area contributed by atoms with Crippen molar-refractivity contribution in [3.63, 3.8) is 0 Å². The summed E-state index contributed by atoms with van der Waals surface area (Å²) in [5.41, 5.74) is 6.28. The Morgan fingerprint density at radius 1 is 1.33 bits per heavy atom. The molecule has 84 valence electrons. The highest BCUT2D eigenvalue weighted by atomic mass is 32.1. The molecule has 0 saturated heterocycles. The van der Waals surface area contributed by atoms with Crippen LogP contribution in [0.15, 0.2) is 0 Å². The fourth-order valence-corrected chi connectivity index (χ4v) is 2.64. The minimum Gasteiger partial charge on any atom is -0.358 e. The van der Waals surface area contributed by atoms with Crippen molar-refractivity contribution in [1.29, 1.82) is 0 Å². The molecule has 0 aromatic carbocycles. The number of nitrogens with two attached hydrogens (primary N) is 1. The molecular weight excluding hydrogens is 208 g/mol. The molecule has 1 aliphatic rings. The monoisotopic (exact) mass is 226 g/mol. The standard InChI is InChI=1S/C10H18N4S/c1-8-13-14-9(15-8)12-7-10(11)5-3-2-4-6-10/h2-7,11H2,1H3,(H,12,14). The smallest absolute Gasteiger partial charge is 0.205 e. The Balaban J connectivity index is 1.86. The molecule has 1 heterocycles. The summed E-state index contributed by atoms with van der Waals surface area (Å²) in [5.74, 6) is 0. The molecule has 1 saturated carbocycles. The van der Waals surface area contributed by atoms with Crippen LogP contribution < -0.4 is 11.1 Å². The summed E-state index contributed by atoms with van der Waals surface area (Å²) in [5, 5.41) is 13.2. The van der Waals surface area contributed by atoms with Crippen LogP contribution in [0.25, 0.3) is 0 Å². The van der Waals surface area contributed by atoms with Gasteiger partial charge in [-0.2, -0.15) is 0 Å². The molecule has 2 rings (SSSR count). The Morgan fingerprint density at radius 3 is 2.67 bits per heavy atom. The van der Waals surface area contributed by atoms with Gasteiger partial charge in [0, 0.05) is 12.1 Å². The largest absolute Gasteiger partial charge is 0.358 e.